The van der Waals surface area contributed by atoms with Gasteiger partial charge in [0.25, 0.3) is 0 Å². The lowest BCUT2D eigenvalue weighted by molar-refractivity contribution is -0.130. The van der Waals surface area contributed by atoms with Crippen LogP contribution in [0.5, 0.6) is 0 Å². The van der Waals surface area contributed by atoms with Gasteiger partial charge in [-0.1, -0.05) is 39.5 Å². The van der Waals surface area contributed by atoms with E-state index in [2.05, 4.69) is 13.8 Å². The van der Waals surface area contributed by atoms with Crippen LogP contribution in [0.2, 0.25) is 0 Å². The smallest absolute Gasteiger partial charge is 0.109 e. The fraction of sp³-hybridized carbons (Fsp3) is 1.00. The van der Waals surface area contributed by atoms with Gasteiger partial charge in [-0.25, -0.2) is 4.90 Å². The molecule has 0 spiro atoms. The Morgan fingerprint density at radius 1 is 0.944 bits per heavy atom. The van der Waals surface area contributed by atoms with Crippen LogP contribution in [0.25, 0.3) is 0 Å². The van der Waals surface area contributed by atoms with E-state index in [1.54, 1.807) is 0 Å². The van der Waals surface area contributed by atoms with Crippen molar-refractivity contribution >= 4 is 0 Å². The van der Waals surface area contributed by atoms with E-state index in [-0.39, 0.29) is 0 Å². The number of aliphatic hydroxyl groups excluding tert-OH is 2. The van der Waals surface area contributed by atoms with E-state index in [4.69, 9.17) is 0 Å². The van der Waals surface area contributed by atoms with Crippen LogP contribution < -0.4 is 0 Å². The van der Waals surface area contributed by atoms with Crippen LogP contribution in [0.1, 0.15) is 78.1 Å². The van der Waals surface area contributed by atoms with Gasteiger partial charge in [0.05, 0.1) is 0 Å². The predicted molar refractivity (Wildman–Crippen MR) is 75.2 cm³/mol. The van der Waals surface area contributed by atoms with E-state index in [1.165, 1.54) is 12.8 Å². The molecule has 1 aliphatic carbocycles. The van der Waals surface area contributed by atoms with E-state index in [9.17, 15) is 10.2 Å². The zero-order valence-electron chi connectivity index (χ0n) is 12.1. The van der Waals surface area contributed by atoms with E-state index in [1.807, 2.05) is 4.90 Å². The summed E-state index contributed by atoms with van der Waals surface area (Å²) >= 11 is 0. The van der Waals surface area contributed by atoms with Gasteiger partial charge in [-0.3, -0.25) is 0 Å². The van der Waals surface area contributed by atoms with Gasteiger partial charge in [-0.2, -0.15) is 0 Å². The number of aliphatic hydroxyl groups is 2. The second kappa shape index (κ2) is 8.89. The van der Waals surface area contributed by atoms with Crippen molar-refractivity contribution in [2.75, 3.05) is 0 Å². The molecule has 3 heteroatoms. The molecule has 0 aliphatic heterocycles. The molecule has 1 fully saturated rings. The Morgan fingerprint density at radius 2 is 1.39 bits per heavy atom. The highest BCUT2D eigenvalue weighted by atomic mass is 16.3. The highest BCUT2D eigenvalue weighted by molar-refractivity contribution is 4.80. The summed E-state index contributed by atoms with van der Waals surface area (Å²) in [4.78, 5) is 2.00. The number of unbranched alkanes of at least 4 members (excludes halogenated alkanes) is 2. The molecule has 0 aromatic heterocycles. The maximum atomic E-state index is 10.3. The first-order chi connectivity index (χ1) is 8.70. The summed E-state index contributed by atoms with van der Waals surface area (Å²) in [6, 6.07) is 0.392. The van der Waals surface area contributed by atoms with E-state index < -0.39 is 12.5 Å². The second-order valence-corrected chi connectivity index (χ2v) is 5.63. The molecular weight excluding hydrogens is 226 g/mol. The average molecular weight is 257 g/mol. The summed E-state index contributed by atoms with van der Waals surface area (Å²) in [5.74, 6) is 0. The van der Waals surface area contributed by atoms with Crippen molar-refractivity contribution in [3.05, 3.63) is 0 Å². The van der Waals surface area contributed by atoms with E-state index in [0.29, 0.717) is 6.04 Å². The van der Waals surface area contributed by atoms with Gasteiger partial charge in [0, 0.05) is 6.04 Å². The van der Waals surface area contributed by atoms with Gasteiger partial charge in [-0.15, -0.1) is 0 Å². The van der Waals surface area contributed by atoms with Crippen molar-refractivity contribution < 1.29 is 10.2 Å². The molecule has 0 bridgehead atoms. The minimum absolute atomic E-state index is 0.392. The van der Waals surface area contributed by atoms with E-state index in [0.717, 1.165) is 51.4 Å². The van der Waals surface area contributed by atoms with Gasteiger partial charge >= 0.3 is 0 Å². The summed E-state index contributed by atoms with van der Waals surface area (Å²) in [7, 11) is 0. The Kier molecular flexibility index (Phi) is 7.87. The SMILES string of the molecule is CCCCC(O)N(C(O)CCCC)C1CCCC1. The fourth-order valence-corrected chi connectivity index (χ4v) is 2.96. The molecule has 18 heavy (non-hydrogen) atoms. The number of hydrogen-bond acceptors (Lipinski definition) is 3. The molecule has 2 N–H and O–H groups in total. The minimum atomic E-state index is -0.458. The first kappa shape index (κ1) is 15.9. The molecule has 108 valence electrons. The molecule has 0 radical (unpaired) electrons. The third-order valence-electron chi connectivity index (χ3n) is 4.07. The molecule has 0 heterocycles. The molecule has 0 saturated heterocycles. The Labute approximate surface area is 112 Å². The third-order valence-corrected chi connectivity index (χ3v) is 4.07. The standard InChI is InChI=1S/C15H31NO2/c1-3-5-11-14(17)16(13-9-7-8-10-13)15(18)12-6-4-2/h13-15,17-18H,3-12H2,1-2H3. The maximum Gasteiger partial charge on any atom is 0.109 e. The lowest BCUT2D eigenvalue weighted by atomic mass is 10.1. The molecule has 2 unspecified atom stereocenters. The molecule has 1 saturated carbocycles. The predicted octanol–water partition coefficient (Wildman–Crippen LogP) is 3.25. The number of nitrogens with zero attached hydrogens (tertiary/aromatic N) is 1. The zero-order valence-corrected chi connectivity index (χ0v) is 12.1. The van der Waals surface area contributed by atoms with Crippen molar-refractivity contribution in [2.45, 2.75) is 96.6 Å². The molecule has 3 nitrogen and oxygen atoms in total. The van der Waals surface area contributed by atoms with Gasteiger partial charge in [-0.05, 0) is 38.5 Å². The Hall–Kier alpha value is -0.120. The molecule has 0 aromatic rings. The Bertz CT molecular complexity index is 191. The van der Waals surface area contributed by atoms with Crippen LogP contribution in [0.3, 0.4) is 0 Å². The van der Waals surface area contributed by atoms with Crippen molar-refractivity contribution in [2.24, 2.45) is 0 Å². The topological polar surface area (TPSA) is 43.7 Å². The van der Waals surface area contributed by atoms with Crippen LogP contribution >= 0.6 is 0 Å². The van der Waals surface area contributed by atoms with Crippen molar-refractivity contribution in [3.8, 4) is 0 Å². The molecule has 2 atom stereocenters. The first-order valence-corrected chi connectivity index (χ1v) is 7.84. The Balaban J connectivity index is 2.54. The maximum absolute atomic E-state index is 10.3. The minimum Gasteiger partial charge on any atom is -0.378 e. The van der Waals surface area contributed by atoms with Crippen LogP contribution in [-0.2, 0) is 0 Å². The molecule has 1 aliphatic rings. The average Bonchev–Trinajstić information content (AvgIpc) is 2.87. The molecule has 0 aromatic carbocycles. The molecule has 1 rings (SSSR count). The van der Waals surface area contributed by atoms with Crippen LogP contribution in [0.15, 0.2) is 0 Å². The summed E-state index contributed by atoms with van der Waals surface area (Å²) in [6.07, 6.45) is 9.66. The van der Waals surface area contributed by atoms with Gasteiger partial charge in [0.1, 0.15) is 12.5 Å². The molecule has 0 amide bonds. The quantitative estimate of drug-likeness (QED) is 0.623. The van der Waals surface area contributed by atoms with Gasteiger partial charge in [0.2, 0.25) is 0 Å². The van der Waals surface area contributed by atoms with Crippen LogP contribution in [0, 0.1) is 0 Å². The van der Waals surface area contributed by atoms with Crippen LogP contribution in [0.4, 0.5) is 0 Å². The van der Waals surface area contributed by atoms with Gasteiger partial charge in [0.15, 0.2) is 0 Å². The summed E-state index contributed by atoms with van der Waals surface area (Å²) < 4.78 is 0. The number of hydrogen-bond donors (Lipinski definition) is 2. The normalized spacial score (nSPS) is 20.5. The third kappa shape index (κ3) is 4.87. The number of rotatable bonds is 9. The monoisotopic (exact) mass is 257 g/mol. The highest BCUT2D eigenvalue weighted by Gasteiger charge is 2.31. The summed E-state index contributed by atoms with van der Waals surface area (Å²) in [5.41, 5.74) is 0. The fourth-order valence-electron chi connectivity index (χ4n) is 2.96. The lowest BCUT2D eigenvalue weighted by Crippen LogP contribution is -2.48. The summed E-state index contributed by atoms with van der Waals surface area (Å²) in [5, 5.41) is 20.7. The first-order valence-electron chi connectivity index (χ1n) is 7.84. The molecular formula is C15H31NO2. The van der Waals surface area contributed by atoms with Gasteiger partial charge < -0.3 is 10.2 Å². The zero-order chi connectivity index (χ0) is 13.4. The second-order valence-electron chi connectivity index (χ2n) is 5.63. The Morgan fingerprint density at radius 3 is 1.78 bits per heavy atom. The summed E-state index contributed by atoms with van der Waals surface area (Å²) in [6.45, 7) is 4.28. The van der Waals surface area contributed by atoms with Crippen molar-refractivity contribution in [1.29, 1.82) is 0 Å². The van der Waals surface area contributed by atoms with Crippen LogP contribution in [-0.4, -0.2) is 33.6 Å². The lowest BCUT2D eigenvalue weighted by Gasteiger charge is -2.37. The highest BCUT2D eigenvalue weighted by Crippen LogP contribution is 2.28. The largest absolute Gasteiger partial charge is 0.378 e. The van der Waals surface area contributed by atoms with Crippen molar-refractivity contribution in [1.82, 2.24) is 4.90 Å². The van der Waals surface area contributed by atoms with Crippen molar-refractivity contribution in [3.63, 3.8) is 0 Å². The van der Waals surface area contributed by atoms with E-state index >= 15 is 0 Å².